The molecule has 1 fully saturated rings. The SMILES string of the molecule is C=C(F)C(=O)N1CCC(c2c(C(=O)NCCN(C)C)c(=O)n(-c3c(C)ccnc3C(C)C)c3nc(-c4c(O)cccc4F)c(F)cc23)C[C@@H]1CC#N. The van der Waals surface area contributed by atoms with Crippen LogP contribution in [0.5, 0.6) is 5.75 Å². The molecular weight excluding hydrogens is 675 g/mol. The predicted molar refractivity (Wildman–Crippen MR) is 190 cm³/mol. The van der Waals surface area contributed by atoms with E-state index in [0.29, 0.717) is 23.5 Å². The van der Waals surface area contributed by atoms with Gasteiger partial charge in [-0.25, -0.2) is 18.2 Å². The van der Waals surface area contributed by atoms with Gasteiger partial charge in [0.1, 0.15) is 28.5 Å². The largest absolute Gasteiger partial charge is 0.507 e. The average Bonchev–Trinajstić information content (AvgIpc) is 3.08. The molecule has 4 heterocycles. The topological polar surface area (TPSA) is 144 Å². The number of piperidine rings is 1. The number of pyridine rings is 3. The van der Waals surface area contributed by atoms with E-state index in [1.807, 2.05) is 38.9 Å². The maximum Gasteiger partial charge on any atom is 0.282 e. The number of fused-ring (bicyclic) bond motifs is 1. The second-order valence-electron chi connectivity index (χ2n) is 13.5. The smallest absolute Gasteiger partial charge is 0.282 e. The average molecular weight is 716 g/mol. The summed E-state index contributed by atoms with van der Waals surface area (Å²) in [5, 5.41) is 23.2. The van der Waals surface area contributed by atoms with Crippen LogP contribution in [0.4, 0.5) is 13.2 Å². The molecule has 0 aliphatic carbocycles. The number of rotatable bonds is 10. The zero-order valence-electron chi connectivity index (χ0n) is 29.6. The molecule has 1 aliphatic heterocycles. The fourth-order valence-electron chi connectivity index (χ4n) is 6.88. The minimum absolute atomic E-state index is 0.0176. The van der Waals surface area contributed by atoms with Gasteiger partial charge in [0.2, 0.25) is 0 Å². The van der Waals surface area contributed by atoms with Crippen LogP contribution in [0.3, 0.4) is 0 Å². The number of benzene rings is 1. The van der Waals surface area contributed by atoms with Gasteiger partial charge in [0.05, 0.1) is 29.4 Å². The highest BCUT2D eigenvalue weighted by molar-refractivity contribution is 6.01. The number of amides is 2. The fourth-order valence-corrected chi connectivity index (χ4v) is 6.88. The van der Waals surface area contributed by atoms with Crippen molar-refractivity contribution in [3.63, 3.8) is 0 Å². The number of phenols is 1. The Hall–Kier alpha value is -5.55. The van der Waals surface area contributed by atoms with E-state index in [9.17, 15) is 24.3 Å². The van der Waals surface area contributed by atoms with Gasteiger partial charge < -0.3 is 20.2 Å². The lowest BCUT2D eigenvalue weighted by Gasteiger charge is -2.39. The summed E-state index contributed by atoms with van der Waals surface area (Å²) in [6.45, 7) is 9.14. The van der Waals surface area contributed by atoms with Crippen molar-refractivity contribution >= 4 is 22.8 Å². The Labute approximate surface area is 299 Å². The lowest BCUT2D eigenvalue weighted by Crippen LogP contribution is -2.46. The molecule has 3 aromatic heterocycles. The molecule has 1 unspecified atom stereocenters. The molecule has 0 spiro atoms. The first-order valence-electron chi connectivity index (χ1n) is 16.9. The van der Waals surface area contributed by atoms with Crippen LogP contribution in [-0.2, 0) is 4.79 Å². The van der Waals surface area contributed by atoms with Crippen molar-refractivity contribution < 1.29 is 27.9 Å². The van der Waals surface area contributed by atoms with Crippen LogP contribution < -0.4 is 10.9 Å². The van der Waals surface area contributed by atoms with Crippen molar-refractivity contribution in [3.05, 3.63) is 93.3 Å². The summed E-state index contributed by atoms with van der Waals surface area (Å²) < 4.78 is 46.9. The predicted octanol–water partition coefficient (Wildman–Crippen LogP) is 5.63. The third-order valence-corrected chi connectivity index (χ3v) is 9.31. The Morgan fingerprint density at radius 2 is 1.94 bits per heavy atom. The van der Waals surface area contributed by atoms with Crippen LogP contribution in [-0.4, -0.2) is 81.0 Å². The van der Waals surface area contributed by atoms with Crippen LogP contribution in [0, 0.1) is 29.9 Å². The zero-order chi connectivity index (χ0) is 38.0. The Morgan fingerprint density at radius 3 is 2.58 bits per heavy atom. The molecule has 0 bridgehead atoms. The van der Waals surface area contributed by atoms with E-state index in [-0.39, 0.29) is 60.4 Å². The third-order valence-electron chi connectivity index (χ3n) is 9.31. The summed E-state index contributed by atoms with van der Waals surface area (Å²) in [5.74, 6) is -6.44. The number of nitrogens with zero attached hydrogens (tertiary/aromatic N) is 6. The molecule has 4 aromatic rings. The van der Waals surface area contributed by atoms with Gasteiger partial charge >= 0.3 is 0 Å². The number of hydrogen-bond acceptors (Lipinski definition) is 8. The van der Waals surface area contributed by atoms with E-state index in [1.165, 1.54) is 21.6 Å². The number of hydrogen-bond donors (Lipinski definition) is 2. The molecule has 1 saturated heterocycles. The number of aryl methyl sites for hydroxylation is 1. The second kappa shape index (κ2) is 15.4. The summed E-state index contributed by atoms with van der Waals surface area (Å²) >= 11 is 0. The van der Waals surface area contributed by atoms with Gasteiger partial charge in [-0.2, -0.15) is 5.26 Å². The molecule has 2 N–H and O–H groups in total. The van der Waals surface area contributed by atoms with Gasteiger partial charge in [0, 0.05) is 37.3 Å². The van der Waals surface area contributed by atoms with Crippen molar-refractivity contribution in [3.8, 4) is 28.8 Å². The van der Waals surface area contributed by atoms with Gasteiger partial charge in [-0.15, -0.1) is 0 Å². The van der Waals surface area contributed by atoms with Crippen molar-refractivity contribution in [1.29, 1.82) is 5.26 Å². The number of halogens is 3. The summed E-state index contributed by atoms with van der Waals surface area (Å²) in [6.07, 6.45) is 1.52. The molecule has 14 heteroatoms. The number of likely N-dealkylation sites (tertiary alicyclic amines) is 1. The molecule has 272 valence electrons. The highest BCUT2D eigenvalue weighted by Gasteiger charge is 2.38. The molecule has 1 aliphatic rings. The number of nitrogens with one attached hydrogen (secondary N) is 1. The Morgan fingerprint density at radius 1 is 1.21 bits per heavy atom. The minimum Gasteiger partial charge on any atom is -0.507 e. The molecule has 11 nitrogen and oxygen atoms in total. The normalized spacial score (nSPS) is 16.0. The number of nitriles is 1. The molecule has 5 rings (SSSR count). The summed E-state index contributed by atoms with van der Waals surface area (Å²) in [6, 6.07) is 7.41. The zero-order valence-corrected chi connectivity index (χ0v) is 29.6. The highest BCUT2D eigenvalue weighted by atomic mass is 19.1. The van der Waals surface area contributed by atoms with E-state index >= 15 is 13.6 Å². The first-order chi connectivity index (χ1) is 24.7. The van der Waals surface area contributed by atoms with E-state index in [4.69, 9.17) is 0 Å². The van der Waals surface area contributed by atoms with Crippen LogP contribution >= 0.6 is 0 Å². The fraction of sp³-hybridized carbons (Fsp3) is 0.368. The van der Waals surface area contributed by atoms with E-state index in [2.05, 4.69) is 21.9 Å². The Bertz CT molecular complexity index is 2160. The summed E-state index contributed by atoms with van der Waals surface area (Å²) in [4.78, 5) is 54.2. The molecule has 52 heavy (non-hydrogen) atoms. The van der Waals surface area contributed by atoms with E-state index in [1.54, 1.807) is 19.2 Å². The van der Waals surface area contributed by atoms with Gasteiger partial charge in [-0.05, 0) is 81.1 Å². The maximum atomic E-state index is 16.4. The van der Waals surface area contributed by atoms with Gasteiger partial charge in [-0.1, -0.05) is 26.5 Å². The lowest BCUT2D eigenvalue weighted by atomic mass is 9.80. The monoisotopic (exact) mass is 715 g/mol. The van der Waals surface area contributed by atoms with Crippen LogP contribution in [0.15, 0.2) is 53.7 Å². The van der Waals surface area contributed by atoms with Gasteiger partial charge in [0.25, 0.3) is 17.4 Å². The van der Waals surface area contributed by atoms with Crippen molar-refractivity contribution in [2.45, 2.75) is 57.9 Å². The second-order valence-corrected chi connectivity index (χ2v) is 13.5. The number of phenolic OH excluding ortho intramolecular Hbond substituents is 1. The van der Waals surface area contributed by atoms with E-state index in [0.717, 1.165) is 12.1 Å². The van der Waals surface area contributed by atoms with Gasteiger partial charge in [0.15, 0.2) is 11.6 Å². The van der Waals surface area contributed by atoms with Crippen molar-refractivity contribution in [2.75, 3.05) is 33.7 Å². The van der Waals surface area contributed by atoms with E-state index < -0.39 is 63.8 Å². The van der Waals surface area contributed by atoms with Gasteiger partial charge in [-0.3, -0.25) is 23.9 Å². The number of aromatic nitrogens is 3. The van der Waals surface area contributed by atoms with Crippen LogP contribution in [0.1, 0.15) is 72.1 Å². The number of carbonyl (C=O) groups excluding carboxylic acids is 2. The molecular formula is C38H40F3N7O4. The van der Waals surface area contributed by atoms with Crippen molar-refractivity contribution in [1.82, 2.24) is 29.7 Å². The molecule has 2 atom stereocenters. The minimum atomic E-state index is -1.20. The highest BCUT2D eigenvalue weighted by Crippen LogP contribution is 2.41. The van der Waals surface area contributed by atoms with Crippen LogP contribution in [0.25, 0.3) is 28.0 Å². The molecule has 0 radical (unpaired) electrons. The van der Waals surface area contributed by atoms with Crippen LogP contribution in [0.2, 0.25) is 0 Å². The van der Waals surface area contributed by atoms with Crippen molar-refractivity contribution in [2.24, 2.45) is 0 Å². The molecule has 1 aromatic carbocycles. The Kier molecular flexibility index (Phi) is 11.1. The Balaban J connectivity index is 1.92. The quantitative estimate of drug-likeness (QED) is 0.201. The summed E-state index contributed by atoms with van der Waals surface area (Å²) in [5.41, 5.74) is -0.847. The number of likely N-dealkylation sites (N-methyl/N-ethyl adjacent to an activating group) is 1. The lowest BCUT2D eigenvalue weighted by molar-refractivity contribution is -0.132. The molecule has 2 amide bonds. The number of aromatic hydroxyl groups is 1. The summed E-state index contributed by atoms with van der Waals surface area (Å²) in [7, 11) is 3.63. The third kappa shape index (κ3) is 7.13. The molecule has 0 saturated carbocycles. The first-order valence-corrected chi connectivity index (χ1v) is 16.9. The maximum absolute atomic E-state index is 16.4. The number of carbonyl (C=O) groups is 2. The standard InChI is InChI=1S/C38H40F3N7O4/c1-20(2)32-34(21(3)11-14-43-32)48-35-25(19-27(41)33(45-35)30-26(40)8-7-9-28(30)49)29(31(38(48)52)36(50)44-15-17-46(5)6)23-12-16-47(37(51)22(4)39)24(18-23)10-13-42/h7-9,11,14,19-20,23-24,49H,4,10,12,15-18H2,1-3,5-6H3,(H,44,50)/t23?,24-/m0/s1. The first kappa shape index (κ1) is 37.7.